The van der Waals surface area contributed by atoms with Crippen LogP contribution in [0.2, 0.25) is 0 Å². The third-order valence-electron chi connectivity index (χ3n) is 5.71. The summed E-state index contributed by atoms with van der Waals surface area (Å²) in [5.41, 5.74) is 5.35. The van der Waals surface area contributed by atoms with E-state index in [1.165, 1.54) is 9.75 Å². The average molecular weight is 512 g/mol. The number of aromatic amines is 1. The minimum Gasteiger partial charge on any atom is -0.298 e. The number of fused-ring (bicyclic) bond motifs is 1. The van der Waals surface area contributed by atoms with E-state index in [0.717, 1.165) is 60.6 Å². The Balaban J connectivity index is 0.00000121. The van der Waals surface area contributed by atoms with Crippen LogP contribution in [0.5, 0.6) is 0 Å². The first-order chi connectivity index (χ1) is 14.2. The number of likely N-dealkylation sites (tertiary alicyclic amines) is 1. The van der Waals surface area contributed by atoms with Gasteiger partial charge in [0.25, 0.3) is 0 Å². The van der Waals surface area contributed by atoms with Crippen LogP contribution in [0.15, 0.2) is 42.9 Å². The molecule has 4 aromatic rings. The SMILES string of the molecule is Cc1[nH]ncc1-c1ccc2ncc(-c3ccc(CN4CCC(C#N)CC4)s3)n2c1.Cl.Cl.Cl. The number of aryl methyl sites for hydroxylation is 1. The molecule has 0 aliphatic carbocycles. The van der Waals surface area contributed by atoms with E-state index in [2.05, 4.69) is 61.0 Å². The number of imidazole rings is 1. The van der Waals surface area contributed by atoms with Crippen LogP contribution < -0.4 is 0 Å². The predicted molar refractivity (Wildman–Crippen MR) is 136 cm³/mol. The normalized spacial score (nSPS) is 14.2. The lowest BCUT2D eigenvalue weighted by atomic mass is 9.99. The molecule has 1 fully saturated rings. The van der Waals surface area contributed by atoms with E-state index in [-0.39, 0.29) is 43.1 Å². The molecule has 1 saturated heterocycles. The maximum atomic E-state index is 9.08. The van der Waals surface area contributed by atoms with Crippen molar-refractivity contribution in [3.63, 3.8) is 0 Å². The Morgan fingerprint density at radius 3 is 2.59 bits per heavy atom. The number of nitrogens with zero attached hydrogens (tertiary/aromatic N) is 5. The van der Waals surface area contributed by atoms with Crippen molar-refractivity contribution in [2.45, 2.75) is 26.3 Å². The highest BCUT2D eigenvalue weighted by molar-refractivity contribution is 7.15. The van der Waals surface area contributed by atoms with Crippen LogP contribution in [-0.2, 0) is 6.54 Å². The molecule has 5 rings (SSSR count). The predicted octanol–water partition coefficient (Wildman–Crippen LogP) is 5.76. The van der Waals surface area contributed by atoms with Gasteiger partial charge >= 0.3 is 0 Å². The van der Waals surface area contributed by atoms with Crippen molar-refractivity contribution in [3.8, 4) is 27.8 Å². The van der Waals surface area contributed by atoms with Crippen molar-refractivity contribution in [2.75, 3.05) is 13.1 Å². The van der Waals surface area contributed by atoms with E-state index in [1.54, 1.807) is 0 Å². The van der Waals surface area contributed by atoms with Gasteiger partial charge in [-0.1, -0.05) is 0 Å². The number of hydrogen-bond acceptors (Lipinski definition) is 5. The van der Waals surface area contributed by atoms with E-state index in [0.29, 0.717) is 0 Å². The number of nitriles is 1. The molecule has 0 aromatic carbocycles. The van der Waals surface area contributed by atoms with Gasteiger partial charge in [0, 0.05) is 40.4 Å². The van der Waals surface area contributed by atoms with Crippen molar-refractivity contribution < 1.29 is 0 Å². The number of halogens is 3. The number of nitrogens with one attached hydrogen (secondary N) is 1. The highest BCUT2D eigenvalue weighted by Crippen LogP contribution is 2.31. The second-order valence-corrected chi connectivity index (χ2v) is 8.81. The van der Waals surface area contributed by atoms with Gasteiger partial charge in [0.05, 0.1) is 29.0 Å². The number of rotatable bonds is 4. The number of H-pyrrole nitrogens is 1. The molecule has 5 heterocycles. The topological polar surface area (TPSA) is 73.0 Å². The summed E-state index contributed by atoms with van der Waals surface area (Å²) in [7, 11) is 0. The van der Waals surface area contributed by atoms with Gasteiger partial charge in [-0.3, -0.25) is 14.4 Å². The maximum absolute atomic E-state index is 9.08. The molecule has 0 saturated carbocycles. The largest absolute Gasteiger partial charge is 0.298 e. The number of thiophene rings is 1. The van der Waals surface area contributed by atoms with Gasteiger partial charge < -0.3 is 0 Å². The fourth-order valence-corrected chi connectivity index (χ4v) is 5.06. The first-order valence-electron chi connectivity index (χ1n) is 9.90. The summed E-state index contributed by atoms with van der Waals surface area (Å²) < 4.78 is 2.16. The van der Waals surface area contributed by atoms with E-state index in [9.17, 15) is 0 Å². The van der Waals surface area contributed by atoms with Gasteiger partial charge in [-0.25, -0.2) is 4.98 Å². The average Bonchev–Trinajstić information content (AvgIpc) is 3.47. The minimum atomic E-state index is 0. The Kier molecular flexibility index (Phi) is 9.14. The van der Waals surface area contributed by atoms with Gasteiger partial charge in [-0.2, -0.15) is 10.4 Å². The van der Waals surface area contributed by atoms with Gasteiger partial charge in [0.1, 0.15) is 5.65 Å². The molecule has 0 unspecified atom stereocenters. The summed E-state index contributed by atoms with van der Waals surface area (Å²) in [6.45, 7) is 5.01. The lowest BCUT2D eigenvalue weighted by Crippen LogP contribution is -2.32. The summed E-state index contributed by atoms with van der Waals surface area (Å²) >= 11 is 1.83. The number of aromatic nitrogens is 4. The molecule has 0 spiro atoms. The highest BCUT2D eigenvalue weighted by atomic mass is 35.5. The molecular weight excluding hydrogens is 487 g/mol. The van der Waals surface area contributed by atoms with E-state index in [1.807, 2.05) is 30.7 Å². The van der Waals surface area contributed by atoms with E-state index < -0.39 is 0 Å². The molecule has 0 atom stereocenters. The molecule has 32 heavy (non-hydrogen) atoms. The number of hydrogen-bond donors (Lipinski definition) is 1. The molecule has 1 N–H and O–H groups in total. The molecule has 0 bridgehead atoms. The van der Waals surface area contributed by atoms with Gasteiger partial charge in [-0.05, 0) is 57.1 Å². The standard InChI is InChI=1S/C22H22N6S.3ClH/c1-15-19(11-25-26-15)17-2-5-22-24-12-20(28(22)13-17)21-4-3-18(29-21)14-27-8-6-16(10-23)7-9-27;;;/h2-5,11-13,16H,6-9,14H2,1H3,(H,25,26);3*1H. The molecule has 4 aromatic heterocycles. The summed E-state index contributed by atoms with van der Waals surface area (Å²) in [5, 5.41) is 16.2. The summed E-state index contributed by atoms with van der Waals surface area (Å²) in [5.74, 6) is 0.233. The van der Waals surface area contributed by atoms with Crippen LogP contribution in [0, 0.1) is 24.2 Å². The van der Waals surface area contributed by atoms with Crippen molar-refractivity contribution in [1.29, 1.82) is 5.26 Å². The lowest BCUT2D eigenvalue weighted by Gasteiger charge is -2.28. The van der Waals surface area contributed by atoms with Crippen molar-refractivity contribution in [2.24, 2.45) is 5.92 Å². The molecule has 10 heteroatoms. The molecule has 1 aliphatic rings. The zero-order valence-corrected chi connectivity index (χ0v) is 20.8. The maximum Gasteiger partial charge on any atom is 0.137 e. The highest BCUT2D eigenvalue weighted by Gasteiger charge is 2.19. The van der Waals surface area contributed by atoms with Crippen LogP contribution in [0.3, 0.4) is 0 Å². The summed E-state index contributed by atoms with van der Waals surface area (Å²) in [6, 6.07) is 11.0. The molecular formula is C22H25Cl3N6S. The number of piperidine rings is 1. The van der Waals surface area contributed by atoms with Crippen molar-refractivity contribution in [1.82, 2.24) is 24.5 Å². The van der Waals surface area contributed by atoms with Gasteiger partial charge in [-0.15, -0.1) is 48.6 Å². The van der Waals surface area contributed by atoms with Crippen LogP contribution in [-0.4, -0.2) is 37.6 Å². The van der Waals surface area contributed by atoms with E-state index in [4.69, 9.17) is 5.26 Å². The smallest absolute Gasteiger partial charge is 0.137 e. The van der Waals surface area contributed by atoms with Crippen LogP contribution >= 0.6 is 48.6 Å². The fourth-order valence-electron chi connectivity index (χ4n) is 4.01. The molecule has 1 aliphatic heterocycles. The fraction of sp³-hybridized carbons (Fsp3) is 0.318. The van der Waals surface area contributed by atoms with Crippen LogP contribution in [0.25, 0.3) is 27.3 Å². The van der Waals surface area contributed by atoms with Gasteiger partial charge in [0.15, 0.2) is 0 Å². The second kappa shape index (κ2) is 11.2. The summed E-state index contributed by atoms with van der Waals surface area (Å²) in [4.78, 5) is 9.62. The molecule has 170 valence electrons. The first-order valence-corrected chi connectivity index (χ1v) is 10.7. The van der Waals surface area contributed by atoms with Crippen LogP contribution in [0.4, 0.5) is 0 Å². The Hall–Kier alpha value is -2.08. The zero-order chi connectivity index (χ0) is 19.8. The van der Waals surface area contributed by atoms with E-state index >= 15 is 0 Å². The third-order valence-corrected chi connectivity index (χ3v) is 6.80. The van der Waals surface area contributed by atoms with Crippen molar-refractivity contribution in [3.05, 3.63) is 53.4 Å². The second-order valence-electron chi connectivity index (χ2n) is 7.64. The quantitative estimate of drug-likeness (QED) is 0.378. The number of pyridine rings is 1. The molecule has 0 amide bonds. The molecule has 0 radical (unpaired) electrons. The minimum absolute atomic E-state index is 0. The Morgan fingerprint density at radius 2 is 1.91 bits per heavy atom. The third kappa shape index (κ3) is 5.11. The first kappa shape index (κ1) is 26.2. The van der Waals surface area contributed by atoms with Crippen molar-refractivity contribution >= 4 is 54.2 Å². The Bertz CT molecular complexity index is 1200. The van der Waals surface area contributed by atoms with Crippen LogP contribution in [0.1, 0.15) is 23.4 Å². The summed E-state index contributed by atoms with van der Waals surface area (Å²) in [6.07, 6.45) is 7.93. The van der Waals surface area contributed by atoms with Gasteiger partial charge in [0.2, 0.25) is 0 Å². The lowest BCUT2D eigenvalue weighted by molar-refractivity contribution is 0.199. The molecule has 6 nitrogen and oxygen atoms in total. The monoisotopic (exact) mass is 510 g/mol. The Morgan fingerprint density at radius 1 is 1.12 bits per heavy atom. The zero-order valence-electron chi connectivity index (χ0n) is 17.5. The Labute approximate surface area is 209 Å².